The van der Waals surface area contributed by atoms with Crippen LogP contribution in [0.25, 0.3) is 0 Å². The standard InChI is InChI=1S/C15H31N.C5H12/c1-3-5-9-14(4-2)12-16-13-15-10-7-6-8-11-15;1-3-5-4-2/h14-16H,3-13H2,1-2H3;3-5H2,1-2H3. The van der Waals surface area contributed by atoms with Gasteiger partial charge in [0, 0.05) is 0 Å². The molecule has 21 heavy (non-hydrogen) atoms. The molecule has 0 saturated heterocycles. The zero-order chi connectivity index (χ0) is 15.8. The molecule has 0 spiro atoms. The van der Waals surface area contributed by atoms with Gasteiger partial charge in [0.15, 0.2) is 0 Å². The average molecular weight is 298 g/mol. The van der Waals surface area contributed by atoms with Crippen molar-refractivity contribution in [3.05, 3.63) is 0 Å². The lowest BCUT2D eigenvalue weighted by Crippen LogP contribution is -2.29. The molecule has 0 bridgehead atoms. The predicted molar refractivity (Wildman–Crippen MR) is 97.9 cm³/mol. The number of nitrogens with one attached hydrogen (secondary N) is 1. The molecule has 0 aliphatic heterocycles. The van der Waals surface area contributed by atoms with Crippen molar-refractivity contribution in [3.63, 3.8) is 0 Å². The van der Waals surface area contributed by atoms with Gasteiger partial charge in [0.25, 0.3) is 0 Å². The van der Waals surface area contributed by atoms with E-state index in [-0.39, 0.29) is 0 Å². The van der Waals surface area contributed by atoms with Crippen molar-refractivity contribution in [1.82, 2.24) is 5.32 Å². The van der Waals surface area contributed by atoms with Crippen LogP contribution in [0.3, 0.4) is 0 Å². The van der Waals surface area contributed by atoms with Crippen molar-refractivity contribution in [2.75, 3.05) is 13.1 Å². The number of hydrogen-bond donors (Lipinski definition) is 1. The average Bonchev–Trinajstić information content (AvgIpc) is 2.53. The molecule has 1 nitrogen and oxygen atoms in total. The molecular formula is C20H43N. The van der Waals surface area contributed by atoms with Crippen LogP contribution >= 0.6 is 0 Å². The maximum Gasteiger partial charge on any atom is -0.00204 e. The molecule has 1 N–H and O–H groups in total. The second kappa shape index (κ2) is 16.3. The topological polar surface area (TPSA) is 12.0 Å². The summed E-state index contributed by atoms with van der Waals surface area (Å²) in [6.45, 7) is 11.6. The molecule has 0 aromatic rings. The van der Waals surface area contributed by atoms with Gasteiger partial charge in [0.05, 0.1) is 0 Å². The largest absolute Gasteiger partial charge is 0.316 e. The predicted octanol–water partition coefficient (Wildman–Crippen LogP) is 6.57. The summed E-state index contributed by atoms with van der Waals surface area (Å²) < 4.78 is 0. The maximum absolute atomic E-state index is 3.72. The molecule has 1 rings (SSSR count). The van der Waals surface area contributed by atoms with Crippen LogP contribution in [0.5, 0.6) is 0 Å². The number of rotatable bonds is 10. The van der Waals surface area contributed by atoms with Crippen molar-refractivity contribution < 1.29 is 0 Å². The Balaban J connectivity index is 0.000000690. The summed E-state index contributed by atoms with van der Waals surface area (Å²) in [5.74, 6) is 1.90. The van der Waals surface area contributed by atoms with E-state index in [4.69, 9.17) is 0 Å². The lowest BCUT2D eigenvalue weighted by Gasteiger charge is -2.23. The van der Waals surface area contributed by atoms with Crippen molar-refractivity contribution in [3.8, 4) is 0 Å². The molecule has 1 aliphatic rings. The van der Waals surface area contributed by atoms with Gasteiger partial charge in [0.1, 0.15) is 0 Å². The van der Waals surface area contributed by atoms with Crippen LogP contribution in [0.15, 0.2) is 0 Å². The van der Waals surface area contributed by atoms with E-state index in [2.05, 4.69) is 33.0 Å². The third-order valence-corrected chi connectivity index (χ3v) is 4.84. The van der Waals surface area contributed by atoms with Gasteiger partial charge < -0.3 is 5.32 Å². The van der Waals surface area contributed by atoms with Gasteiger partial charge in [-0.1, -0.05) is 85.5 Å². The van der Waals surface area contributed by atoms with E-state index in [1.54, 1.807) is 0 Å². The molecule has 0 aromatic carbocycles. The van der Waals surface area contributed by atoms with Gasteiger partial charge in [-0.05, 0) is 44.2 Å². The lowest BCUT2D eigenvalue weighted by atomic mass is 9.89. The minimum absolute atomic E-state index is 0.920. The van der Waals surface area contributed by atoms with E-state index >= 15 is 0 Å². The minimum atomic E-state index is 0.920. The molecule has 0 aromatic heterocycles. The van der Waals surface area contributed by atoms with Gasteiger partial charge in [0.2, 0.25) is 0 Å². The number of hydrogen-bond acceptors (Lipinski definition) is 1. The molecule has 1 aliphatic carbocycles. The summed E-state index contributed by atoms with van der Waals surface area (Å²) >= 11 is 0. The normalized spacial score (nSPS) is 17.1. The van der Waals surface area contributed by atoms with Crippen molar-refractivity contribution in [1.29, 1.82) is 0 Å². The Labute approximate surface area is 135 Å². The summed E-state index contributed by atoms with van der Waals surface area (Å²) in [6.07, 6.45) is 17.0. The summed E-state index contributed by atoms with van der Waals surface area (Å²) in [5, 5.41) is 3.72. The molecule has 0 radical (unpaired) electrons. The highest BCUT2D eigenvalue weighted by molar-refractivity contribution is 4.69. The molecule has 128 valence electrons. The molecule has 1 saturated carbocycles. The van der Waals surface area contributed by atoms with Crippen molar-refractivity contribution in [2.24, 2.45) is 11.8 Å². The molecule has 1 atom stereocenters. The summed E-state index contributed by atoms with van der Waals surface area (Å²) in [6, 6.07) is 0. The van der Waals surface area contributed by atoms with E-state index in [1.165, 1.54) is 90.1 Å². The van der Waals surface area contributed by atoms with Crippen LogP contribution in [0, 0.1) is 11.8 Å². The Kier molecular flexibility index (Phi) is 16.3. The van der Waals surface area contributed by atoms with E-state index in [0.29, 0.717) is 0 Å². The molecular weight excluding hydrogens is 254 g/mol. The van der Waals surface area contributed by atoms with Crippen LogP contribution < -0.4 is 5.32 Å². The first-order valence-corrected chi connectivity index (χ1v) is 9.99. The Morgan fingerprint density at radius 2 is 1.48 bits per heavy atom. The van der Waals surface area contributed by atoms with Gasteiger partial charge in [-0.3, -0.25) is 0 Å². The Hall–Kier alpha value is -0.0400. The third-order valence-electron chi connectivity index (χ3n) is 4.84. The van der Waals surface area contributed by atoms with Crippen LogP contribution in [-0.4, -0.2) is 13.1 Å². The smallest absolute Gasteiger partial charge is 0.00204 e. The summed E-state index contributed by atoms with van der Waals surface area (Å²) in [5.41, 5.74) is 0. The van der Waals surface area contributed by atoms with E-state index in [0.717, 1.165) is 11.8 Å². The first-order chi connectivity index (χ1) is 10.3. The molecule has 1 unspecified atom stereocenters. The fraction of sp³-hybridized carbons (Fsp3) is 1.00. The van der Waals surface area contributed by atoms with Crippen LogP contribution in [0.1, 0.15) is 105 Å². The van der Waals surface area contributed by atoms with E-state index in [1.807, 2.05) is 0 Å². The van der Waals surface area contributed by atoms with Crippen molar-refractivity contribution >= 4 is 0 Å². The van der Waals surface area contributed by atoms with Gasteiger partial charge >= 0.3 is 0 Å². The fourth-order valence-electron chi connectivity index (χ4n) is 3.18. The maximum atomic E-state index is 3.72. The monoisotopic (exact) mass is 297 g/mol. The van der Waals surface area contributed by atoms with Gasteiger partial charge in [-0.15, -0.1) is 0 Å². The van der Waals surface area contributed by atoms with Crippen LogP contribution in [-0.2, 0) is 0 Å². The van der Waals surface area contributed by atoms with Crippen LogP contribution in [0.4, 0.5) is 0 Å². The summed E-state index contributed by atoms with van der Waals surface area (Å²) in [4.78, 5) is 0. The lowest BCUT2D eigenvalue weighted by molar-refractivity contribution is 0.325. The van der Waals surface area contributed by atoms with E-state index in [9.17, 15) is 0 Å². The Morgan fingerprint density at radius 1 is 0.857 bits per heavy atom. The fourth-order valence-corrected chi connectivity index (χ4v) is 3.18. The molecule has 1 fully saturated rings. The van der Waals surface area contributed by atoms with E-state index < -0.39 is 0 Å². The quantitative estimate of drug-likeness (QED) is 0.481. The zero-order valence-corrected chi connectivity index (χ0v) is 15.6. The second-order valence-electron chi connectivity index (χ2n) is 6.93. The third kappa shape index (κ3) is 13.4. The van der Waals surface area contributed by atoms with Gasteiger partial charge in [-0.25, -0.2) is 0 Å². The first-order valence-electron chi connectivity index (χ1n) is 9.99. The number of unbranched alkanes of at least 4 members (excludes halogenated alkanes) is 3. The van der Waals surface area contributed by atoms with Crippen molar-refractivity contribution in [2.45, 2.75) is 105 Å². The SMILES string of the molecule is CCCCC.CCCCC(CC)CNCC1CCCCC1. The Bertz CT molecular complexity index is 182. The van der Waals surface area contributed by atoms with Gasteiger partial charge in [-0.2, -0.15) is 0 Å². The first kappa shape index (κ1) is 21.0. The molecule has 0 heterocycles. The highest BCUT2D eigenvalue weighted by Gasteiger charge is 2.13. The second-order valence-corrected chi connectivity index (χ2v) is 6.93. The minimum Gasteiger partial charge on any atom is -0.316 e. The highest BCUT2D eigenvalue weighted by Crippen LogP contribution is 2.22. The Morgan fingerprint density at radius 3 is 1.95 bits per heavy atom. The zero-order valence-electron chi connectivity index (χ0n) is 15.6. The molecule has 1 heteroatoms. The summed E-state index contributed by atoms with van der Waals surface area (Å²) in [7, 11) is 0. The van der Waals surface area contributed by atoms with Crippen LogP contribution in [0.2, 0.25) is 0 Å². The molecule has 0 amide bonds. The highest BCUT2D eigenvalue weighted by atomic mass is 14.9.